The predicted molar refractivity (Wildman–Crippen MR) is 55.9 cm³/mol. The highest BCUT2D eigenvalue weighted by Gasteiger charge is 2.14. The Hall–Kier alpha value is -1.04. The molecule has 1 aliphatic carbocycles. The topological polar surface area (TPSA) is 45.4 Å². The standard InChI is InChI=1S/C11H18N2O/c1-14-13-11-7-5-3-2-4-6-10(8-11)9-12/h10H,2-8H2,1H3. The Kier molecular flexibility index (Phi) is 5.06. The Morgan fingerprint density at radius 1 is 1.36 bits per heavy atom. The van der Waals surface area contributed by atoms with E-state index in [2.05, 4.69) is 11.2 Å². The molecule has 1 saturated carbocycles. The Morgan fingerprint density at radius 3 is 2.86 bits per heavy atom. The highest BCUT2D eigenvalue weighted by Crippen LogP contribution is 2.20. The molecule has 0 aliphatic heterocycles. The van der Waals surface area contributed by atoms with Gasteiger partial charge in [-0.3, -0.25) is 0 Å². The number of oxime groups is 1. The van der Waals surface area contributed by atoms with Gasteiger partial charge in [-0.15, -0.1) is 0 Å². The van der Waals surface area contributed by atoms with E-state index in [0.29, 0.717) is 0 Å². The number of hydrogen-bond donors (Lipinski definition) is 0. The fourth-order valence-electron chi connectivity index (χ4n) is 1.88. The molecule has 1 atom stereocenters. The molecule has 0 bridgehead atoms. The maximum atomic E-state index is 8.94. The lowest BCUT2D eigenvalue weighted by molar-refractivity contribution is 0.211. The molecule has 1 unspecified atom stereocenters. The van der Waals surface area contributed by atoms with Crippen molar-refractivity contribution in [3.63, 3.8) is 0 Å². The van der Waals surface area contributed by atoms with Gasteiger partial charge in [0.15, 0.2) is 0 Å². The number of nitrogens with zero attached hydrogens (tertiary/aromatic N) is 2. The lowest BCUT2D eigenvalue weighted by Gasteiger charge is -2.07. The van der Waals surface area contributed by atoms with E-state index in [0.717, 1.165) is 25.0 Å². The average molecular weight is 194 g/mol. The molecule has 0 radical (unpaired) electrons. The highest BCUT2D eigenvalue weighted by atomic mass is 16.6. The first-order valence-corrected chi connectivity index (χ1v) is 5.35. The van der Waals surface area contributed by atoms with Crippen molar-refractivity contribution in [2.45, 2.75) is 44.9 Å². The molecule has 0 spiro atoms. The summed E-state index contributed by atoms with van der Waals surface area (Å²) in [6.45, 7) is 0. The summed E-state index contributed by atoms with van der Waals surface area (Å²) in [5.41, 5.74) is 1.06. The first-order chi connectivity index (χ1) is 6.86. The lowest BCUT2D eigenvalue weighted by Crippen LogP contribution is -2.06. The summed E-state index contributed by atoms with van der Waals surface area (Å²) < 4.78 is 0. The van der Waals surface area contributed by atoms with Gasteiger partial charge in [-0.2, -0.15) is 5.26 Å². The van der Waals surface area contributed by atoms with Crippen LogP contribution in [-0.2, 0) is 4.84 Å². The van der Waals surface area contributed by atoms with E-state index in [1.807, 2.05) is 0 Å². The largest absolute Gasteiger partial charge is 0.399 e. The average Bonchev–Trinajstić information content (AvgIpc) is 2.30. The molecule has 78 valence electrons. The van der Waals surface area contributed by atoms with Gasteiger partial charge in [-0.25, -0.2) is 0 Å². The maximum absolute atomic E-state index is 8.94. The van der Waals surface area contributed by atoms with Crippen LogP contribution in [0.2, 0.25) is 0 Å². The third kappa shape index (κ3) is 3.78. The van der Waals surface area contributed by atoms with Crippen molar-refractivity contribution in [2.75, 3.05) is 7.11 Å². The molecule has 0 aromatic heterocycles. The van der Waals surface area contributed by atoms with Crippen LogP contribution in [-0.4, -0.2) is 12.8 Å². The second kappa shape index (κ2) is 6.42. The van der Waals surface area contributed by atoms with Crippen molar-refractivity contribution in [1.29, 1.82) is 5.26 Å². The summed E-state index contributed by atoms with van der Waals surface area (Å²) in [4.78, 5) is 4.79. The fourth-order valence-corrected chi connectivity index (χ4v) is 1.88. The van der Waals surface area contributed by atoms with Crippen LogP contribution < -0.4 is 0 Å². The number of nitriles is 1. The number of hydrogen-bond acceptors (Lipinski definition) is 3. The second-order valence-corrected chi connectivity index (χ2v) is 3.82. The minimum atomic E-state index is 0.141. The van der Waals surface area contributed by atoms with Crippen molar-refractivity contribution in [3.05, 3.63) is 0 Å². The van der Waals surface area contributed by atoms with Crippen molar-refractivity contribution in [2.24, 2.45) is 11.1 Å². The second-order valence-electron chi connectivity index (χ2n) is 3.82. The van der Waals surface area contributed by atoms with Crippen molar-refractivity contribution < 1.29 is 4.84 Å². The lowest BCUT2D eigenvalue weighted by atomic mass is 9.98. The minimum Gasteiger partial charge on any atom is -0.399 e. The molecular weight excluding hydrogens is 176 g/mol. The van der Waals surface area contributed by atoms with Gasteiger partial charge >= 0.3 is 0 Å². The summed E-state index contributed by atoms with van der Waals surface area (Å²) in [5, 5.41) is 12.9. The van der Waals surface area contributed by atoms with Crippen LogP contribution in [0.15, 0.2) is 5.16 Å². The van der Waals surface area contributed by atoms with E-state index in [4.69, 9.17) is 10.1 Å². The van der Waals surface area contributed by atoms with Crippen LogP contribution in [0, 0.1) is 17.2 Å². The normalized spacial score (nSPS) is 27.1. The molecule has 0 saturated heterocycles. The van der Waals surface area contributed by atoms with Crippen LogP contribution in [0.3, 0.4) is 0 Å². The monoisotopic (exact) mass is 194 g/mol. The smallest absolute Gasteiger partial charge is 0.106 e. The summed E-state index contributed by atoms with van der Waals surface area (Å²) >= 11 is 0. The SMILES string of the molecule is CON=C1CCCCCCC(C#N)C1. The molecular formula is C11H18N2O. The molecule has 0 aromatic rings. The molecule has 0 amide bonds. The van der Waals surface area contributed by atoms with Crippen molar-refractivity contribution in [1.82, 2.24) is 0 Å². The summed E-state index contributed by atoms with van der Waals surface area (Å²) in [7, 11) is 1.57. The fraction of sp³-hybridized carbons (Fsp3) is 0.818. The van der Waals surface area contributed by atoms with Gasteiger partial charge in [0.25, 0.3) is 0 Å². The summed E-state index contributed by atoms with van der Waals surface area (Å²) in [6, 6.07) is 2.35. The zero-order chi connectivity index (χ0) is 10.2. The van der Waals surface area contributed by atoms with Crippen molar-refractivity contribution in [3.8, 4) is 6.07 Å². The van der Waals surface area contributed by atoms with Gasteiger partial charge in [0, 0.05) is 6.42 Å². The van der Waals surface area contributed by atoms with Crippen LogP contribution in [0.4, 0.5) is 0 Å². The van der Waals surface area contributed by atoms with E-state index < -0.39 is 0 Å². The van der Waals surface area contributed by atoms with E-state index in [1.54, 1.807) is 7.11 Å². The molecule has 0 heterocycles. The Morgan fingerprint density at radius 2 is 2.14 bits per heavy atom. The molecule has 3 nitrogen and oxygen atoms in total. The minimum absolute atomic E-state index is 0.141. The van der Waals surface area contributed by atoms with E-state index in [-0.39, 0.29) is 5.92 Å². The van der Waals surface area contributed by atoms with Crippen LogP contribution in [0.25, 0.3) is 0 Å². The number of rotatable bonds is 1. The van der Waals surface area contributed by atoms with Gasteiger partial charge in [0.05, 0.1) is 17.7 Å². The van der Waals surface area contributed by atoms with Crippen LogP contribution in [0.5, 0.6) is 0 Å². The van der Waals surface area contributed by atoms with Crippen molar-refractivity contribution >= 4 is 5.71 Å². The first-order valence-electron chi connectivity index (χ1n) is 5.35. The van der Waals surface area contributed by atoms with Crippen LogP contribution in [0.1, 0.15) is 44.9 Å². The zero-order valence-electron chi connectivity index (χ0n) is 8.83. The molecule has 0 aromatic carbocycles. The van der Waals surface area contributed by atoms with Gasteiger partial charge in [-0.1, -0.05) is 24.4 Å². The molecule has 1 fully saturated rings. The van der Waals surface area contributed by atoms with E-state index in [9.17, 15) is 0 Å². The molecule has 3 heteroatoms. The Balaban J connectivity index is 2.56. The third-order valence-corrected chi connectivity index (χ3v) is 2.65. The molecule has 1 rings (SSSR count). The van der Waals surface area contributed by atoms with E-state index in [1.165, 1.54) is 25.7 Å². The van der Waals surface area contributed by atoms with Crippen LogP contribution >= 0.6 is 0 Å². The highest BCUT2D eigenvalue weighted by molar-refractivity contribution is 5.84. The quantitative estimate of drug-likeness (QED) is 0.602. The molecule has 1 aliphatic rings. The first kappa shape index (κ1) is 11.0. The van der Waals surface area contributed by atoms with E-state index >= 15 is 0 Å². The Bertz CT molecular complexity index is 230. The summed E-state index contributed by atoms with van der Waals surface area (Å²) in [5.74, 6) is 0.141. The molecule has 14 heavy (non-hydrogen) atoms. The summed E-state index contributed by atoms with van der Waals surface area (Å²) in [6.07, 6.45) is 7.66. The Labute approximate surface area is 85.7 Å². The zero-order valence-corrected chi connectivity index (χ0v) is 8.83. The van der Waals surface area contributed by atoms with Gasteiger partial charge in [0.2, 0.25) is 0 Å². The third-order valence-electron chi connectivity index (χ3n) is 2.65. The van der Waals surface area contributed by atoms with Gasteiger partial charge in [0.1, 0.15) is 7.11 Å². The predicted octanol–water partition coefficient (Wildman–Crippen LogP) is 2.87. The maximum Gasteiger partial charge on any atom is 0.106 e. The van der Waals surface area contributed by atoms with Gasteiger partial charge < -0.3 is 4.84 Å². The van der Waals surface area contributed by atoms with Gasteiger partial charge in [-0.05, 0) is 19.3 Å². The molecule has 0 N–H and O–H groups in total.